The maximum absolute atomic E-state index is 12.2. The predicted molar refractivity (Wildman–Crippen MR) is 114 cm³/mol. The smallest absolute Gasteiger partial charge is 0.265 e. The molecule has 4 aromatic rings. The van der Waals surface area contributed by atoms with Crippen molar-refractivity contribution in [3.63, 3.8) is 0 Å². The van der Waals surface area contributed by atoms with Gasteiger partial charge in [0, 0.05) is 16.1 Å². The van der Waals surface area contributed by atoms with E-state index in [4.69, 9.17) is 13.9 Å². The van der Waals surface area contributed by atoms with Crippen molar-refractivity contribution in [3.05, 3.63) is 76.3 Å². The molecule has 0 saturated carbocycles. The van der Waals surface area contributed by atoms with Crippen molar-refractivity contribution in [1.82, 2.24) is 10.2 Å². The fourth-order valence-corrected chi connectivity index (χ4v) is 3.45. The van der Waals surface area contributed by atoms with Gasteiger partial charge in [0.1, 0.15) is 11.5 Å². The van der Waals surface area contributed by atoms with Gasteiger partial charge >= 0.3 is 0 Å². The van der Waals surface area contributed by atoms with E-state index in [9.17, 15) is 4.79 Å². The summed E-state index contributed by atoms with van der Waals surface area (Å²) in [5, 5.41) is 10.9. The van der Waals surface area contributed by atoms with Gasteiger partial charge in [-0.25, -0.2) is 0 Å². The Morgan fingerprint density at radius 2 is 1.73 bits per heavy atom. The van der Waals surface area contributed by atoms with Gasteiger partial charge in [0.25, 0.3) is 11.8 Å². The lowest BCUT2D eigenvalue weighted by molar-refractivity contribution is 0.103. The van der Waals surface area contributed by atoms with Crippen LogP contribution in [0.2, 0.25) is 0 Å². The molecular formula is C22H19N3O4S. The molecule has 30 heavy (non-hydrogen) atoms. The predicted octanol–water partition coefficient (Wildman–Crippen LogP) is 4.95. The second-order valence-electron chi connectivity index (χ2n) is 6.41. The second kappa shape index (κ2) is 8.79. The van der Waals surface area contributed by atoms with Gasteiger partial charge < -0.3 is 19.2 Å². The highest BCUT2D eigenvalue weighted by Gasteiger charge is 2.11. The highest BCUT2D eigenvalue weighted by atomic mass is 32.1. The highest BCUT2D eigenvalue weighted by Crippen LogP contribution is 2.23. The molecule has 0 spiro atoms. The number of aryl methyl sites for hydroxylation is 1. The molecular weight excluding hydrogens is 402 g/mol. The molecule has 0 saturated heterocycles. The van der Waals surface area contributed by atoms with Gasteiger partial charge in [-0.2, -0.15) is 0 Å². The first-order valence-corrected chi connectivity index (χ1v) is 10.00. The van der Waals surface area contributed by atoms with Crippen LogP contribution in [0, 0.1) is 6.92 Å². The summed E-state index contributed by atoms with van der Waals surface area (Å²) >= 11 is 1.46. The Kier molecular flexibility index (Phi) is 5.76. The van der Waals surface area contributed by atoms with Gasteiger partial charge in [-0.05, 0) is 67.6 Å². The molecule has 8 heteroatoms. The fraction of sp³-hybridized carbons (Fsp3) is 0.136. The molecule has 1 amide bonds. The molecule has 0 radical (unpaired) electrons. The van der Waals surface area contributed by atoms with Gasteiger partial charge in [0.15, 0.2) is 6.61 Å². The van der Waals surface area contributed by atoms with E-state index >= 15 is 0 Å². The normalized spacial score (nSPS) is 10.6. The summed E-state index contributed by atoms with van der Waals surface area (Å²) in [6, 6.07) is 18.2. The number of rotatable bonds is 7. The van der Waals surface area contributed by atoms with Crippen LogP contribution in [0.25, 0.3) is 11.5 Å². The molecule has 0 aliphatic rings. The molecule has 0 unspecified atom stereocenters. The van der Waals surface area contributed by atoms with Crippen molar-refractivity contribution >= 4 is 22.9 Å². The summed E-state index contributed by atoms with van der Waals surface area (Å²) in [6.45, 7) is 2.11. The fourth-order valence-electron chi connectivity index (χ4n) is 2.69. The highest BCUT2D eigenvalue weighted by molar-refractivity contribution is 7.14. The zero-order valence-corrected chi connectivity index (χ0v) is 17.2. The summed E-state index contributed by atoms with van der Waals surface area (Å²) < 4.78 is 16.5. The van der Waals surface area contributed by atoms with E-state index in [1.807, 2.05) is 43.3 Å². The number of nitrogens with one attached hydrogen (secondary N) is 1. The SMILES string of the molecule is COc1ccc(-c2nnc(COc3ccc(NC(=O)c4ccc(C)s4)cc3)o2)cc1. The first kappa shape index (κ1) is 19.7. The zero-order chi connectivity index (χ0) is 20.9. The number of hydrogen-bond donors (Lipinski definition) is 1. The maximum Gasteiger partial charge on any atom is 0.265 e. The molecule has 7 nitrogen and oxygen atoms in total. The average molecular weight is 421 g/mol. The van der Waals surface area contributed by atoms with Gasteiger partial charge in [0.2, 0.25) is 5.89 Å². The summed E-state index contributed by atoms with van der Waals surface area (Å²) in [4.78, 5) is 14.0. The lowest BCUT2D eigenvalue weighted by atomic mass is 10.2. The van der Waals surface area contributed by atoms with E-state index in [1.54, 1.807) is 31.4 Å². The summed E-state index contributed by atoms with van der Waals surface area (Å²) in [5.74, 6) is 2.04. The molecule has 0 aliphatic heterocycles. The van der Waals surface area contributed by atoms with E-state index in [0.29, 0.717) is 28.1 Å². The van der Waals surface area contributed by atoms with E-state index in [1.165, 1.54) is 11.3 Å². The third-order valence-electron chi connectivity index (χ3n) is 4.24. The molecule has 0 fully saturated rings. The maximum atomic E-state index is 12.2. The van der Waals surface area contributed by atoms with Crippen LogP contribution in [0.15, 0.2) is 65.1 Å². The Morgan fingerprint density at radius 1 is 1.00 bits per heavy atom. The first-order valence-electron chi connectivity index (χ1n) is 9.18. The summed E-state index contributed by atoms with van der Waals surface area (Å²) in [7, 11) is 1.61. The van der Waals surface area contributed by atoms with Gasteiger partial charge in [0.05, 0.1) is 12.0 Å². The number of benzene rings is 2. The monoisotopic (exact) mass is 421 g/mol. The second-order valence-corrected chi connectivity index (χ2v) is 7.69. The molecule has 0 atom stereocenters. The van der Waals surface area contributed by atoms with Crippen molar-refractivity contribution in [3.8, 4) is 23.0 Å². The van der Waals surface area contributed by atoms with Crippen molar-refractivity contribution in [2.75, 3.05) is 12.4 Å². The molecule has 2 aromatic carbocycles. The van der Waals surface area contributed by atoms with Crippen LogP contribution in [0.5, 0.6) is 11.5 Å². The van der Waals surface area contributed by atoms with E-state index in [0.717, 1.165) is 16.2 Å². The van der Waals surface area contributed by atoms with Crippen LogP contribution in [0.1, 0.15) is 20.4 Å². The molecule has 0 bridgehead atoms. The molecule has 2 heterocycles. The molecule has 1 N–H and O–H groups in total. The summed E-state index contributed by atoms with van der Waals surface area (Å²) in [6.07, 6.45) is 0. The number of methoxy groups -OCH3 is 1. The average Bonchev–Trinajstić information content (AvgIpc) is 3.42. The number of anilines is 1. The van der Waals surface area contributed by atoms with Gasteiger partial charge in [-0.3, -0.25) is 4.79 Å². The van der Waals surface area contributed by atoms with Crippen molar-refractivity contribution < 1.29 is 18.7 Å². The number of aromatic nitrogens is 2. The quantitative estimate of drug-likeness (QED) is 0.455. The Hall–Kier alpha value is -3.65. The molecule has 152 valence electrons. The summed E-state index contributed by atoms with van der Waals surface area (Å²) in [5.41, 5.74) is 1.49. The van der Waals surface area contributed by atoms with Crippen LogP contribution in [-0.4, -0.2) is 23.2 Å². The minimum atomic E-state index is -0.126. The number of hydrogen-bond acceptors (Lipinski definition) is 7. The van der Waals surface area contributed by atoms with E-state index in [-0.39, 0.29) is 12.5 Å². The Balaban J connectivity index is 1.33. The Morgan fingerprint density at radius 3 is 2.40 bits per heavy atom. The Labute approximate surface area is 177 Å². The zero-order valence-electron chi connectivity index (χ0n) is 16.4. The third kappa shape index (κ3) is 4.66. The standard InChI is InChI=1S/C22H19N3O4S/c1-14-3-12-19(30-14)21(26)23-16-6-10-18(11-7-16)28-13-20-24-25-22(29-20)15-4-8-17(27-2)9-5-15/h3-12H,13H2,1-2H3,(H,23,26). The van der Waals surface area contributed by atoms with Gasteiger partial charge in [-0.1, -0.05) is 0 Å². The van der Waals surface area contributed by atoms with Crippen molar-refractivity contribution in [2.24, 2.45) is 0 Å². The number of ether oxygens (including phenoxy) is 2. The van der Waals surface area contributed by atoms with Crippen LogP contribution < -0.4 is 14.8 Å². The topological polar surface area (TPSA) is 86.5 Å². The third-order valence-corrected chi connectivity index (χ3v) is 5.24. The van der Waals surface area contributed by atoms with E-state index < -0.39 is 0 Å². The first-order chi connectivity index (χ1) is 14.6. The lowest BCUT2D eigenvalue weighted by Crippen LogP contribution is -2.09. The van der Waals surface area contributed by atoms with E-state index in [2.05, 4.69) is 15.5 Å². The molecule has 2 aromatic heterocycles. The van der Waals surface area contributed by atoms with Crippen LogP contribution in [-0.2, 0) is 6.61 Å². The molecule has 4 rings (SSSR count). The van der Waals surface area contributed by atoms with Gasteiger partial charge in [-0.15, -0.1) is 21.5 Å². The van der Waals surface area contributed by atoms with Crippen LogP contribution in [0.4, 0.5) is 5.69 Å². The minimum Gasteiger partial charge on any atom is -0.497 e. The largest absolute Gasteiger partial charge is 0.497 e. The van der Waals surface area contributed by atoms with Crippen molar-refractivity contribution in [2.45, 2.75) is 13.5 Å². The van der Waals surface area contributed by atoms with Crippen molar-refractivity contribution in [1.29, 1.82) is 0 Å². The minimum absolute atomic E-state index is 0.126. The number of nitrogens with zero attached hydrogens (tertiary/aromatic N) is 2. The Bertz CT molecular complexity index is 1130. The number of carbonyl (C=O) groups is 1. The van der Waals surface area contributed by atoms with Crippen LogP contribution in [0.3, 0.4) is 0 Å². The lowest BCUT2D eigenvalue weighted by Gasteiger charge is -2.06. The molecule has 0 aliphatic carbocycles. The van der Waals surface area contributed by atoms with Crippen LogP contribution >= 0.6 is 11.3 Å². The number of amides is 1. The number of thiophene rings is 1. The number of carbonyl (C=O) groups excluding carboxylic acids is 1.